The highest BCUT2D eigenvalue weighted by Gasteiger charge is 2.19. The molecule has 0 saturated carbocycles. The molecule has 0 saturated heterocycles. The van der Waals surface area contributed by atoms with E-state index in [1.165, 1.54) is 0 Å². The van der Waals surface area contributed by atoms with Gasteiger partial charge in [0.25, 0.3) is 0 Å². The number of ether oxygens (including phenoxy) is 2. The summed E-state index contributed by atoms with van der Waals surface area (Å²) in [6, 6.07) is 0. The van der Waals surface area contributed by atoms with Crippen LogP contribution in [0, 0.1) is 0 Å². The van der Waals surface area contributed by atoms with Gasteiger partial charge in [0, 0.05) is 6.42 Å². The molecule has 1 unspecified atom stereocenters. The van der Waals surface area contributed by atoms with E-state index in [1.807, 2.05) is 6.08 Å². The summed E-state index contributed by atoms with van der Waals surface area (Å²) in [4.78, 5) is 0. The van der Waals surface area contributed by atoms with Crippen molar-refractivity contribution in [2.24, 2.45) is 0 Å². The largest absolute Gasteiger partial charge is 0.494 e. The van der Waals surface area contributed by atoms with E-state index in [0.29, 0.717) is 0 Å². The Morgan fingerprint density at radius 2 is 2.45 bits per heavy atom. The molecule has 1 atom stereocenters. The summed E-state index contributed by atoms with van der Waals surface area (Å²) in [5.41, 5.74) is 0. The molecule has 0 aromatic carbocycles. The van der Waals surface area contributed by atoms with Crippen molar-refractivity contribution in [3.8, 4) is 0 Å². The summed E-state index contributed by atoms with van der Waals surface area (Å²) in [7, 11) is 0. The van der Waals surface area contributed by atoms with Gasteiger partial charge in [-0.25, -0.2) is 0 Å². The minimum Gasteiger partial charge on any atom is -0.494 e. The zero-order chi connectivity index (χ0) is 7.52. The first-order chi connectivity index (χ1) is 5.47. The van der Waals surface area contributed by atoms with Crippen molar-refractivity contribution in [1.29, 1.82) is 0 Å². The van der Waals surface area contributed by atoms with Gasteiger partial charge in [-0.15, -0.1) is 0 Å². The first-order valence-electron chi connectivity index (χ1n) is 4.10. The summed E-state index contributed by atoms with van der Waals surface area (Å²) in [6.45, 7) is 0.853. The SMILES string of the molecule is C1=COC(C2=CCCCO2)C1. The molecule has 0 spiro atoms. The van der Waals surface area contributed by atoms with Gasteiger partial charge in [-0.2, -0.15) is 0 Å². The van der Waals surface area contributed by atoms with E-state index in [1.54, 1.807) is 6.26 Å². The fourth-order valence-electron chi connectivity index (χ4n) is 1.37. The molecule has 0 N–H and O–H groups in total. The van der Waals surface area contributed by atoms with E-state index in [2.05, 4.69) is 6.08 Å². The number of hydrogen-bond donors (Lipinski definition) is 0. The zero-order valence-corrected chi connectivity index (χ0v) is 6.45. The Labute approximate surface area is 66.5 Å². The van der Waals surface area contributed by atoms with Gasteiger partial charge in [0.15, 0.2) is 6.10 Å². The lowest BCUT2D eigenvalue weighted by molar-refractivity contribution is 0.0925. The molecule has 2 aliphatic rings. The molecule has 0 radical (unpaired) electrons. The van der Waals surface area contributed by atoms with Crippen molar-refractivity contribution in [3.05, 3.63) is 24.2 Å². The van der Waals surface area contributed by atoms with Crippen molar-refractivity contribution in [2.75, 3.05) is 6.61 Å². The van der Waals surface area contributed by atoms with Gasteiger partial charge in [-0.3, -0.25) is 0 Å². The van der Waals surface area contributed by atoms with Gasteiger partial charge in [0.1, 0.15) is 5.76 Å². The predicted molar refractivity (Wildman–Crippen MR) is 41.9 cm³/mol. The smallest absolute Gasteiger partial charge is 0.158 e. The van der Waals surface area contributed by atoms with Crippen LogP contribution < -0.4 is 0 Å². The molecule has 0 aromatic rings. The minimum atomic E-state index is 0.176. The molecule has 0 amide bonds. The third kappa shape index (κ3) is 1.39. The Morgan fingerprint density at radius 3 is 3.09 bits per heavy atom. The number of allylic oxidation sites excluding steroid dienone is 1. The van der Waals surface area contributed by atoms with Crippen molar-refractivity contribution >= 4 is 0 Å². The van der Waals surface area contributed by atoms with Crippen LogP contribution in [0.3, 0.4) is 0 Å². The summed E-state index contributed by atoms with van der Waals surface area (Å²) in [6.07, 6.45) is 9.34. The molecule has 2 rings (SSSR count). The average Bonchev–Trinajstić information content (AvgIpc) is 2.58. The maximum Gasteiger partial charge on any atom is 0.158 e. The average molecular weight is 152 g/mol. The second-order valence-corrected chi connectivity index (χ2v) is 2.83. The van der Waals surface area contributed by atoms with E-state index in [9.17, 15) is 0 Å². The highest BCUT2D eigenvalue weighted by Crippen LogP contribution is 2.22. The third-order valence-electron chi connectivity index (χ3n) is 1.97. The van der Waals surface area contributed by atoms with Crippen molar-refractivity contribution in [3.63, 3.8) is 0 Å². The first kappa shape index (κ1) is 6.77. The molecule has 0 aromatic heterocycles. The summed E-state index contributed by atoms with van der Waals surface area (Å²) < 4.78 is 10.8. The van der Waals surface area contributed by atoms with E-state index in [4.69, 9.17) is 9.47 Å². The predicted octanol–water partition coefficient (Wildman–Crippen LogP) is 1.98. The van der Waals surface area contributed by atoms with Crippen molar-refractivity contribution in [1.82, 2.24) is 0 Å². The lowest BCUT2D eigenvalue weighted by atomic mass is 10.1. The summed E-state index contributed by atoms with van der Waals surface area (Å²) in [5, 5.41) is 0. The highest BCUT2D eigenvalue weighted by molar-refractivity contribution is 5.08. The van der Waals surface area contributed by atoms with Crippen LogP contribution in [-0.4, -0.2) is 12.7 Å². The lowest BCUT2D eigenvalue weighted by Gasteiger charge is -2.19. The van der Waals surface area contributed by atoms with Gasteiger partial charge in [-0.05, 0) is 25.0 Å². The van der Waals surface area contributed by atoms with E-state index in [-0.39, 0.29) is 6.10 Å². The van der Waals surface area contributed by atoms with Gasteiger partial charge >= 0.3 is 0 Å². The first-order valence-corrected chi connectivity index (χ1v) is 4.10. The van der Waals surface area contributed by atoms with E-state index >= 15 is 0 Å². The van der Waals surface area contributed by atoms with Gasteiger partial charge < -0.3 is 9.47 Å². The minimum absolute atomic E-state index is 0.176. The zero-order valence-electron chi connectivity index (χ0n) is 6.45. The summed E-state index contributed by atoms with van der Waals surface area (Å²) in [5.74, 6) is 1.03. The Morgan fingerprint density at radius 1 is 1.45 bits per heavy atom. The van der Waals surface area contributed by atoms with Gasteiger partial charge in [0.2, 0.25) is 0 Å². The quantitative estimate of drug-likeness (QED) is 0.572. The maximum atomic E-state index is 5.46. The Hall–Kier alpha value is -0.920. The lowest BCUT2D eigenvalue weighted by Crippen LogP contribution is -2.15. The molecular weight excluding hydrogens is 140 g/mol. The standard InChI is InChI=1S/C9H12O2/c1-2-6-10-8(4-1)9-5-3-7-11-9/h3-4,7,9H,1-2,5-6H2. The van der Waals surface area contributed by atoms with Crippen LogP contribution in [0.4, 0.5) is 0 Å². The molecule has 2 aliphatic heterocycles. The molecule has 0 aliphatic carbocycles. The highest BCUT2D eigenvalue weighted by atomic mass is 16.5. The molecule has 11 heavy (non-hydrogen) atoms. The van der Waals surface area contributed by atoms with Crippen LogP contribution in [-0.2, 0) is 9.47 Å². The molecule has 2 heteroatoms. The van der Waals surface area contributed by atoms with Crippen molar-refractivity contribution in [2.45, 2.75) is 25.4 Å². The van der Waals surface area contributed by atoms with Crippen LogP contribution in [0.1, 0.15) is 19.3 Å². The van der Waals surface area contributed by atoms with Crippen LogP contribution in [0.25, 0.3) is 0 Å². The fraction of sp³-hybridized carbons (Fsp3) is 0.556. The van der Waals surface area contributed by atoms with Crippen LogP contribution in [0.2, 0.25) is 0 Å². The van der Waals surface area contributed by atoms with Crippen LogP contribution in [0.5, 0.6) is 0 Å². The molecule has 0 fully saturated rings. The monoisotopic (exact) mass is 152 g/mol. The fourth-order valence-corrected chi connectivity index (χ4v) is 1.37. The molecule has 2 nitrogen and oxygen atoms in total. The maximum absolute atomic E-state index is 5.46. The molecule has 60 valence electrons. The normalized spacial score (nSPS) is 29.1. The third-order valence-corrected chi connectivity index (χ3v) is 1.97. The Bertz CT molecular complexity index is 186. The molecular formula is C9H12O2. The molecule has 0 bridgehead atoms. The Balaban J connectivity index is 1.97. The topological polar surface area (TPSA) is 18.5 Å². The second-order valence-electron chi connectivity index (χ2n) is 2.83. The van der Waals surface area contributed by atoms with E-state index in [0.717, 1.165) is 31.6 Å². The van der Waals surface area contributed by atoms with Crippen LogP contribution >= 0.6 is 0 Å². The van der Waals surface area contributed by atoms with Crippen molar-refractivity contribution < 1.29 is 9.47 Å². The van der Waals surface area contributed by atoms with Gasteiger partial charge in [-0.1, -0.05) is 0 Å². The Kier molecular flexibility index (Phi) is 1.84. The summed E-state index contributed by atoms with van der Waals surface area (Å²) >= 11 is 0. The number of hydrogen-bond acceptors (Lipinski definition) is 2. The van der Waals surface area contributed by atoms with E-state index < -0.39 is 0 Å². The van der Waals surface area contributed by atoms with Gasteiger partial charge in [0.05, 0.1) is 12.9 Å². The second kappa shape index (κ2) is 2.99. The van der Waals surface area contributed by atoms with Crippen LogP contribution in [0.15, 0.2) is 24.2 Å². The molecule has 2 heterocycles. The number of rotatable bonds is 1.